The van der Waals surface area contributed by atoms with Crippen molar-refractivity contribution < 1.29 is 4.79 Å². The van der Waals surface area contributed by atoms with Gasteiger partial charge in [-0.25, -0.2) is 4.98 Å². The zero-order valence-electron chi connectivity index (χ0n) is 15.2. The van der Waals surface area contributed by atoms with Crippen LogP contribution in [-0.4, -0.2) is 20.7 Å². The molecule has 1 saturated carbocycles. The van der Waals surface area contributed by atoms with Gasteiger partial charge in [-0.3, -0.25) is 9.48 Å². The summed E-state index contributed by atoms with van der Waals surface area (Å²) in [6, 6.07) is 3.91. The molecule has 0 bridgehead atoms. The van der Waals surface area contributed by atoms with Crippen LogP contribution in [0.2, 0.25) is 0 Å². The zero-order valence-corrected chi connectivity index (χ0v) is 16.8. The molecule has 0 saturated heterocycles. The molecule has 1 fully saturated rings. The molecule has 1 N–H and O–H groups in total. The number of nitrogens with one attached hydrogen (secondary N) is 1. The van der Waals surface area contributed by atoms with Crippen molar-refractivity contribution in [2.45, 2.75) is 45.1 Å². The number of aryl methyl sites for hydroxylation is 3. The smallest absolute Gasteiger partial charge is 0.270 e. The number of aromatic nitrogens is 3. The van der Waals surface area contributed by atoms with E-state index in [-0.39, 0.29) is 11.9 Å². The minimum atomic E-state index is -0.131. The topological polar surface area (TPSA) is 59.8 Å². The molecule has 5 nitrogen and oxygen atoms in total. The van der Waals surface area contributed by atoms with E-state index in [2.05, 4.69) is 39.1 Å². The minimum Gasteiger partial charge on any atom is -0.341 e. The van der Waals surface area contributed by atoms with Crippen LogP contribution in [0, 0.1) is 13.8 Å². The quantitative estimate of drug-likeness (QED) is 0.692. The van der Waals surface area contributed by atoms with Crippen molar-refractivity contribution in [2.24, 2.45) is 7.05 Å². The summed E-state index contributed by atoms with van der Waals surface area (Å²) in [5.41, 5.74) is 3.90. The Kier molecular flexibility index (Phi) is 4.67. The molecule has 0 spiro atoms. The highest BCUT2D eigenvalue weighted by atomic mass is 32.1. The minimum absolute atomic E-state index is 0.0855. The molecule has 4 rings (SSSR count). The molecule has 1 aliphatic rings. The largest absolute Gasteiger partial charge is 0.341 e. The Morgan fingerprint density at radius 1 is 1.42 bits per heavy atom. The van der Waals surface area contributed by atoms with Crippen LogP contribution in [0.4, 0.5) is 0 Å². The van der Waals surface area contributed by atoms with Crippen LogP contribution in [0.1, 0.15) is 62.1 Å². The maximum atomic E-state index is 12.9. The van der Waals surface area contributed by atoms with Gasteiger partial charge in [0.05, 0.1) is 17.4 Å². The van der Waals surface area contributed by atoms with Crippen LogP contribution in [-0.2, 0) is 13.5 Å². The lowest BCUT2D eigenvalue weighted by Crippen LogP contribution is -2.31. The maximum Gasteiger partial charge on any atom is 0.270 e. The van der Waals surface area contributed by atoms with Crippen LogP contribution in [0.3, 0.4) is 0 Å². The van der Waals surface area contributed by atoms with E-state index >= 15 is 0 Å². The highest BCUT2D eigenvalue weighted by molar-refractivity contribution is 7.11. The standard InChI is InChI=1S/C19H22N4OS2/c1-11-12(2)26-19(20-11)16(8-13-6-7-25-10-13)21-18(24)17-9-15(14-4-5-14)22-23(17)3/h6-7,9-10,14,16H,4-5,8H2,1-3H3,(H,21,24). The number of carbonyl (C=O) groups excluding carboxylic acids is 1. The maximum absolute atomic E-state index is 12.9. The summed E-state index contributed by atoms with van der Waals surface area (Å²) in [7, 11) is 1.84. The highest BCUT2D eigenvalue weighted by Gasteiger charge is 2.29. The van der Waals surface area contributed by atoms with E-state index < -0.39 is 0 Å². The van der Waals surface area contributed by atoms with E-state index in [0.717, 1.165) is 22.8 Å². The number of nitrogens with zero attached hydrogens (tertiary/aromatic N) is 3. The first-order chi connectivity index (χ1) is 12.5. The normalized spacial score (nSPS) is 15.2. The van der Waals surface area contributed by atoms with E-state index in [0.29, 0.717) is 11.6 Å². The summed E-state index contributed by atoms with van der Waals surface area (Å²) in [5, 5.41) is 12.9. The van der Waals surface area contributed by atoms with Gasteiger partial charge < -0.3 is 5.32 Å². The fourth-order valence-electron chi connectivity index (χ4n) is 3.00. The van der Waals surface area contributed by atoms with Crippen LogP contribution >= 0.6 is 22.7 Å². The van der Waals surface area contributed by atoms with Gasteiger partial charge in [0.2, 0.25) is 0 Å². The van der Waals surface area contributed by atoms with Crippen molar-refractivity contribution >= 4 is 28.6 Å². The van der Waals surface area contributed by atoms with Gasteiger partial charge in [-0.1, -0.05) is 0 Å². The Morgan fingerprint density at radius 3 is 2.85 bits per heavy atom. The molecule has 7 heteroatoms. The third-order valence-corrected chi connectivity index (χ3v) is 6.71. The van der Waals surface area contributed by atoms with Gasteiger partial charge in [-0.15, -0.1) is 11.3 Å². The second kappa shape index (κ2) is 6.96. The van der Waals surface area contributed by atoms with Gasteiger partial charge >= 0.3 is 0 Å². The Hall–Kier alpha value is -1.99. The molecular weight excluding hydrogens is 364 g/mol. The summed E-state index contributed by atoms with van der Waals surface area (Å²) < 4.78 is 1.70. The zero-order chi connectivity index (χ0) is 18.3. The summed E-state index contributed by atoms with van der Waals surface area (Å²) in [6.45, 7) is 4.09. The fraction of sp³-hybridized carbons (Fsp3) is 0.421. The molecule has 0 aromatic carbocycles. The van der Waals surface area contributed by atoms with Crippen molar-refractivity contribution in [3.63, 3.8) is 0 Å². The number of thiophene rings is 1. The molecule has 3 heterocycles. The first-order valence-electron chi connectivity index (χ1n) is 8.81. The van der Waals surface area contributed by atoms with Crippen LogP contribution < -0.4 is 5.32 Å². The molecule has 1 aliphatic carbocycles. The van der Waals surface area contributed by atoms with Gasteiger partial charge in [0.15, 0.2) is 0 Å². The number of rotatable bonds is 6. The first-order valence-corrected chi connectivity index (χ1v) is 10.6. The van der Waals surface area contributed by atoms with Gasteiger partial charge in [0.1, 0.15) is 10.7 Å². The monoisotopic (exact) mass is 386 g/mol. The molecule has 3 aromatic rings. The van der Waals surface area contributed by atoms with Crippen molar-refractivity contribution in [1.29, 1.82) is 0 Å². The van der Waals surface area contributed by atoms with Crippen LogP contribution in [0.5, 0.6) is 0 Å². The Balaban J connectivity index is 1.58. The van der Waals surface area contributed by atoms with Crippen molar-refractivity contribution in [3.8, 4) is 0 Å². The third-order valence-electron chi connectivity index (χ3n) is 4.80. The third kappa shape index (κ3) is 3.59. The molecule has 1 atom stereocenters. The number of thiazole rings is 1. The van der Waals surface area contributed by atoms with E-state index in [4.69, 9.17) is 0 Å². The van der Waals surface area contributed by atoms with Gasteiger partial charge in [-0.05, 0) is 55.1 Å². The first kappa shape index (κ1) is 17.4. The summed E-state index contributed by atoms with van der Waals surface area (Å²) in [6.07, 6.45) is 3.10. The summed E-state index contributed by atoms with van der Waals surface area (Å²) in [4.78, 5) is 18.8. The molecular formula is C19H22N4OS2. The van der Waals surface area contributed by atoms with E-state index in [1.165, 1.54) is 23.3 Å². The van der Waals surface area contributed by atoms with Crippen LogP contribution in [0.25, 0.3) is 0 Å². The van der Waals surface area contributed by atoms with E-state index in [1.807, 2.05) is 20.0 Å². The summed E-state index contributed by atoms with van der Waals surface area (Å²) in [5.74, 6) is 0.450. The Morgan fingerprint density at radius 2 is 2.23 bits per heavy atom. The van der Waals surface area contributed by atoms with Crippen molar-refractivity contribution in [1.82, 2.24) is 20.1 Å². The average molecular weight is 387 g/mol. The molecule has 1 amide bonds. The average Bonchev–Trinajstić information content (AvgIpc) is 3.02. The lowest BCUT2D eigenvalue weighted by atomic mass is 10.1. The van der Waals surface area contributed by atoms with Crippen molar-refractivity contribution in [3.05, 3.63) is 55.4 Å². The van der Waals surface area contributed by atoms with E-state index in [1.54, 1.807) is 27.4 Å². The Bertz CT molecular complexity index is 902. The van der Waals surface area contributed by atoms with Gasteiger partial charge in [0, 0.05) is 24.3 Å². The van der Waals surface area contributed by atoms with E-state index in [9.17, 15) is 4.79 Å². The number of hydrogen-bond donors (Lipinski definition) is 1. The molecule has 26 heavy (non-hydrogen) atoms. The van der Waals surface area contributed by atoms with Gasteiger partial charge in [-0.2, -0.15) is 16.4 Å². The summed E-state index contributed by atoms with van der Waals surface area (Å²) >= 11 is 3.33. The molecule has 0 aliphatic heterocycles. The SMILES string of the molecule is Cc1nc(C(Cc2ccsc2)NC(=O)c2cc(C3CC3)nn2C)sc1C. The molecule has 3 aromatic heterocycles. The predicted molar refractivity (Wildman–Crippen MR) is 105 cm³/mol. The lowest BCUT2D eigenvalue weighted by Gasteiger charge is -2.16. The van der Waals surface area contributed by atoms with Crippen molar-refractivity contribution in [2.75, 3.05) is 0 Å². The second-order valence-corrected chi connectivity index (χ2v) is 8.92. The predicted octanol–water partition coefficient (Wildman–Crippen LogP) is 4.15. The molecule has 136 valence electrons. The Labute approximate surface area is 161 Å². The van der Waals surface area contributed by atoms with Crippen LogP contribution in [0.15, 0.2) is 22.9 Å². The second-order valence-electron chi connectivity index (χ2n) is 6.91. The lowest BCUT2D eigenvalue weighted by molar-refractivity contribution is 0.0927. The number of hydrogen-bond acceptors (Lipinski definition) is 5. The number of amides is 1. The van der Waals surface area contributed by atoms with Gasteiger partial charge in [0.25, 0.3) is 5.91 Å². The highest BCUT2D eigenvalue weighted by Crippen LogP contribution is 2.39. The fourth-order valence-corrected chi connectivity index (χ4v) is 4.66. The number of carbonyl (C=O) groups is 1. The molecule has 0 radical (unpaired) electrons. The molecule has 1 unspecified atom stereocenters.